The third kappa shape index (κ3) is 12.8. The van der Waals surface area contributed by atoms with Gasteiger partial charge in [0.15, 0.2) is 32.9 Å². The van der Waals surface area contributed by atoms with Gasteiger partial charge in [-0.2, -0.15) is 0 Å². The van der Waals surface area contributed by atoms with Gasteiger partial charge in [-0.25, -0.2) is 22.5 Å². The molecule has 0 spiro atoms. The monoisotopic (exact) mass is 861 g/mol. The van der Waals surface area contributed by atoms with Crippen molar-refractivity contribution < 1.29 is 75.4 Å². The van der Waals surface area contributed by atoms with Gasteiger partial charge in [-0.05, 0) is 69.7 Å². The number of amides is 2. The van der Waals surface area contributed by atoms with E-state index in [0.29, 0.717) is 16.9 Å². The minimum atomic E-state index is -4.10. The summed E-state index contributed by atoms with van der Waals surface area (Å²) >= 11 is 6.04. The zero-order valence-corrected chi connectivity index (χ0v) is 33.0. The van der Waals surface area contributed by atoms with E-state index >= 15 is 0 Å². The van der Waals surface area contributed by atoms with Crippen LogP contribution in [0.3, 0.4) is 0 Å². The molecule has 0 bridgehead atoms. The molecule has 4 N–H and O–H groups in total. The molecule has 3 aliphatic rings. The number of allylic oxidation sites excluding steroid dienone is 1. The van der Waals surface area contributed by atoms with Crippen LogP contribution < -0.4 is 15.0 Å². The highest BCUT2D eigenvalue weighted by Gasteiger charge is 2.41. The Kier molecular flexibility index (Phi) is 15.9. The summed E-state index contributed by atoms with van der Waals surface area (Å²) in [5, 5.41) is 21.3. The van der Waals surface area contributed by atoms with E-state index in [1.165, 1.54) is 6.07 Å². The molecule has 2 amide bonds. The highest BCUT2D eigenvalue weighted by Crippen LogP contribution is 2.38. The molecule has 5 rings (SSSR count). The number of nitrogens with one attached hydrogen (secondary N) is 1. The molecule has 1 saturated heterocycles. The normalized spacial score (nSPS) is 16.3. The second-order valence-corrected chi connectivity index (χ2v) is 17.1. The number of nitrogens with zero attached hydrogens (tertiary/aromatic N) is 2. The van der Waals surface area contributed by atoms with E-state index in [0.717, 1.165) is 56.2 Å². The molecule has 310 valence electrons. The van der Waals surface area contributed by atoms with Crippen molar-refractivity contribution in [1.29, 1.82) is 0 Å². The summed E-state index contributed by atoms with van der Waals surface area (Å²) in [6.45, 7) is 2.83. The molecule has 57 heavy (non-hydrogen) atoms. The number of hydrogen-bond donors (Lipinski definition) is 4. The number of Topliss-reactive ketones (excluding diaryl/α,β-unsaturated/α-hetero) is 3. The fourth-order valence-electron chi connectivity index (χ4n) is 5.61. The van der Waals surface area contributed by atoms with Gasteiger partial charge >= 0.3 is 25.6 Å². The highest BCUT2D eigenvalue weighted by molar-refractivity contribution is 7.90. The van der Waals surface area contributed by atoms with Gasteiger partial charge in [0.2, 0.25) is 0 Å². The molecule has 1 heterocycles. The topological polar surface area (TPSA) is 291 Å². The molecule has 2 aromatic carbocycles. The van der Waals surface area contributed by atoms with Gasteiger partial charge in [-0.1, -0.05) is 11.6 Å². The predicted octanol–water partition coefficient (Wildman–Crippen LogP) is 4.49. The van der Waals surface area contributed by atoms with Crippen molar-refractivity contribution in [2.75, 3.05) is 24.0 Å². The molecule has 19 nitrogen and oxygen atoms in total. The number of aliphatic carboxylic acids is 1. The number of rotatable bonds is 11. The molecule has 2 aliphatic carbocycles. The Hall–Kier alpha value is -4.92. The Morgan fingerprint density at radius 2 is 1.67 bits per heavy atom. The van der Waals surface area contributed by atoms with Gasteiger partial charge in [0, 0.05) is 31.2 Å². The summed E-state index contributed by atoms with van der Waals surface area (Å²) in [6.07, 6.45) is 3.77. The summed E-state index contributed by atoms with van der Waals surface area (Å²) in [7, 11) is -7.79. The van der Waals surface area contributed by atoms with Crippen molar-refractivity contribution in [3.05, 3.63) is 68.2 Å². The molecule has 2 aromatic rings. The summed E-state index contributed by atoms with van der Waals surface area (Å²) in [6, 6.07) is 5.12. The predicted molar refractivity (Wildman–Crippen MR) is 197 cm³/mol. The minimum Gasteiger partial charge on any atom is -0.489 e. The zero-order chi connectivity index (χ0) is 43.0. The highest BCUT2D eigenvalue weighted by atomic mass is 35.5. The van der Waals surface area contributed by atoms with E-state index in [9.17, 15) is 56.3 Å². The number of carbonyl (C=O) groups excluding carboxylic acids is 5. The van der Waals surface area contributed by atoms with Crippen LogP contribution in [0.15, 0.2) is 46.6 Å². The van der Waals surface area contributed by atoms with Gasteiger partial charge in [0.1, 0.15) is 17.5 Å². The van der Waals surface area contributed by atoms with Gasteiger partial charge in [0.05, 0.1) is 45.0 Å². The standard InChI is InChI=1S/C17H17ClFNO4.C14H13NO7S.C3H8NO5P/c1-9(2)15-16(21)20(17(22)24-15)13-8-14(11(18)7-12(13)19)23-10-5-3-4-6-10;1-23(21,22)8-5-6-9(10(7-8)15(19)20)14(18)13-11(16)3-2-4-12(13)17;5-3(6)1-4-2-10(7,8)9/h7-8,10H,3-6H2,1-2H3;5-7,13H,2-4H2,1H3;4H,1-2H2,(H,5,6)(H2,7,8,9). The first kappa shape index (κ1) is 46.5. The van der Waals surface area contributed by atoms with E-state index in [2.05, 4.69) is 5.32 Å². The SMILES string of the molecule is CC(C)=C1OC(=O)N(c2cc(OC3CCCC3)c(Cl)cc2F)C1=O.CS(=O)(=O)c1ccc(C(=O)C2C(=O)CCCC2=O)c([N+](=O)[O-])c1.O=C(O)CNCP(=O)(O)O. The lowest BCUT2D eigenvalue weighted by Crippen LogP contribution is -2.35. The van der Waals surface area contributed by atoms with E-state index < -0.39 is 93.5 Å². The maximum Gasteiger partial charge on any atom is 0.427 e. The molecule has 23 heteroatoms. The lowest BCUT2D eigenvalue weighted by Gasteiger charge is -2.18. The number of benzene rings is 2. The number of anilines is 1. The molecule has 0 atom stereocenters. The maximum atomic E-state index is 14.3. The number of hydrogen-bond acceptors (Lipinski definition) is 14. The first-order valence-corrected chi connectivity index (χ1v) is 20.9. The van der Waals surface area contributed by atoms with Crippen molar-refractivity contribution in [1.82, 2.24) is 5.32 Å². The number of ketones is 3. The number of sulfone groups is 1. The Balaban J connectivity index is 0.000000249. The van der Waals surface area contributed by atoms with Gasteiger partial charge in [-0.3, -0.25) is 44.0 Å². The summed E-state index contributed by atoms with van der Waals surface area (Å²) in [5.41, 5.74) is -0.855. The second-order valence-electron chi connectivity index (χ2n) is 13.0. The van der Waals surface area contributed by atoms with Crippen LogP contribution in [-0.2, 0) is 38.3 Å². The lowest BCUT2D eigenvalue weighted by atomic mass is 9.81. The van der Waals surface area contributed by atoms with E-state index in [4.69, 9.17) is 36.0 Å². The first-order valence-electron chi connectivity index (χ1n) is 16.9. The smallest absolute Gasteiger partial charge is 0.427 e. The van der Waals surface area contributed by atoms with Crippen LogP contribution in [0.2, 0.25) is 5.02 Å². The lowest BCUT2D eigenvalue weighted by molar-refractivity contribution is -0.385. The number of nitro groups is 1. The van der Waals surface area contributed by atoms with Gasteiger partial charge in [-0.15, -0.1) is 0 Å². The number of imide groups is 1. The molecule has 3 fully saturated rings. The number of carboxylic acids is 1. The fraction of sp³-hybridized carbons (Fsp3) is 0.412. The maximum absolute atomic E-state index is 14.3. The largest absolute Gasteiger partial charge is 0.489 e. The summed E-state index contributed by atoms with van der Waals surface area (Å²) in [5.74, 6) is -6.09. The van der Waals surface area contributed by atoms with Crippen LogP contribution in [0.25, 0.3) is 0 Å². The minimum absolute atomic E-state index is 0.00962. The summed E-state index contributed by atoms with van der Waals surface area (Å²) in [4.78, 5) is 97.1. The van der Waals surface area contributed by atoms with E-state index in [1.54, 1.807) is 13.8 Å². The number of carboxylic acid groups (broad SMARTS) is 1. The van der Waals surface area contributed by atoms with Crippen LogP contribution in [-0.4, -0.2) is 88.7 Å². The Morgan fingerprint density at radius 1 is 1.07 bits per heavy atom. The number of cyclic esters (lactones) is 1. The Morgan fingerprint density at radius 3 is 2.16 bits per heavy atom. The second kappa shape index (κ2) is 19.5. The Labute approximate surface area is 329 Å². The van der Waals surface area contributed by atoms with Crippen molar-refractivity contribution >= 4 is 75.7 Å². The molecular weight excluding hydrogens is 824 g/mol. The van der Waals surface area contributed by atoms with Crippen molar-refractivity contribution in [2.45, 2.75) is 69.8 Å². The third-order valence-corrected chi connectivity index (χ3v) is 10.3. The van der Waals surface area contributed by atoms with E-state index in [-0.39, 0.29) is 46.1 Å². The fourth-order valence-corrected chi connectivity index (χ4v) is 6.85. The number of halogens is 2. The van der Waals surface area contributed by atoms with Crippen LogP contribution in [0.4, 0.5) is 20.6 Å². The molecule has 0 radical (unpaired) electrons. The molecule has 2 saturated carbocycles. The zero-order valence-electron chi connectivity index (χ0n) is 30.6. The number of nitro benzene ring substituents is 1. The summed E-state index contributed by atoms with van der Waals surface area (Å²) < 4.78 is 58.1. The van der Waals surface area contributed by atoms with E-state index in [1.807, 2.05) is 0 Å². The number of ether oxygens (including phenoxy) is 2. The number of carbonyl (C=O) groups is 6. The van der Waals surface area contributed by atoms with Crippen LogP contribution in [0.1, 0.15) is 69.2 Å². The van der Waals surface area contributed by atoms with Crippen LogP contribution in [0.5, 0.6) is 5.75 Å². The Bertz CT molecular complexity index is 2150. The molecular formula is C34H38ClFN3O16PS. The van der Waals surface area contributed by atoms with Crippen molar-refractivity contribution in [3.63, 3.8) is 0 Å². The molecule has 0 unspecified atom stereocenters. The third-order valence-electron chi connectivity index (χ3n) is 8.27. The quantitative estimate of drug-likeness (QED) is 0.0604. The van der Waals surface area contributed by atoms with Crippen molar-refractivity contribution in [2.24, 2.45) is 5.92 Å². The molecule has 0 aromatic heterocycles. The first-order chi connectivity index (χ1) is 26.4. The van der Waals surface area contributed by atoms with Crippen molar-refractivity contribution in [3.8, 4) is 5.75 Å². The average molecular weight is 862 g/mol. The van der Waals surface area contributed by atoms with Crippen LogP contribution >= 0.6 is 19.2 Å². The van der Waals surface area contributed by atoms with Gasteiger partial charge in [0.25, 0.3) is 5.69 Å². The molecule has 1 aliphatic heterocycles. The average Bonchev–Trinajstić information content (AvgIpc) is 3.72. The van der Waals surface area contributed by atoms with Gasteiger partial charge < -0.3 is 24.4 Å². The van der Waals surface area contributed by atoms with Crippen LogP contribution in [0, 0.1) is 21.8 Å².